The molecule has 0 unspecified atom stereocenters. The number of carbonyl (C=O) groups is 2. The molecule has 0 aromatic heterocycles. The van der Waals surface area contributed by atoms with E-state index in [1.54, 1.807) is 4.90 Å². The Morgan fingerprint density at radius 1 is 1.04 bits per heavy atom. The Labute approximate surface area is 147 Å². The lowest BCUT2D eigenvalue weighted by molar-refractivity contribution is -0.134. The third kappa shape index (κ3) is 2.42. The quantitative estimate of drug-likeness (QED) is 0.876. The van der Waals surface area contributed by atoms with Crippen molar-refractivity contribution in [2.45, 2.75) is 31.8 Å². The molecule has 0 radical (unpaired) electrons. The molecule has 0 bridgehead atoms. The molecule has 1 spiro atoms. The lowest BCUT2D eigenvalue weighted by Gasteiger charge is -2.37. The van der Waals surface area contributed by atoms with E-state index in [9.17, 15) is 9.59 Å². The molecular weight excluding hydrogens is 314 g/mol. The summed E-state index contributed by atoms with van der Waals surface area (Å²) in [7, 11) is 0. The van der Waals surface area contributed by atoms with Crippen LogP contribution in [0.1, 0.15) is 25.3 Å². The van der Waals surface area contributed by atoms with Gasteiger partial charge in [0.05, 0.1) is 6.54 Å². The van der Waals surface area contributed by atoms with Crippen LogP contribution in [0.4, 0.5) is 4.79 Å². The minimum absolute atomic E-state index is 0.0335. The summed E-state index contributed by atoms with van der Waals surface area (Å²) in [6, 6.07) is 14.0. The number of benzene rings is 2. The summed E-state index contributed by atoms with van der Waals surface area (Å²) in [5.41, 5.74) is 0.364. The molecule has 5 nitrogen and oxygen atoms in total. The van der Waals surface area contributed by atoms with Gasteiger partial charge in [-0.1, -0.05) is 42.5 Å². The van der Waals surface area contributed by atoms with Crippen LogP contribution in [0.25, 0.3) is 10.8 Å². The van der Waals surface area contributed by atoms with Gasteiger partial charge in [0, 0.05) is 6.54 Å². The molecule has 0 saturated carbocycles. The van der Waals surface area contributed by atoms with Crippen molar-refractivity contribution in [3.05, 3.63) is 48.0 Å². The van der Waals surface area contributed by atoms with Gasteiger partial charge in [-0.25, -0.2) is 4.79 Å². The van der Waals surface area contributed by atoms with E-state index in [1.807, 2.05) is 37.3 Å². The fourth-order valence-corrected chi connectivity index (χ4v) is 4.28. The van der Waals surface area contributed by atoms with E-state index < -0.39 is 5.54 Å². The minimum atomic E-state index is -0.651. The summed E-state index contributed by atoms with van der Waals surface area (Å²) >= 11 is 0. The van der Waals surface area contributed by atoms with Crippen LogP contribution in [0.15, 0.2) is 42.5 Å². The Balaban J connectivity index is 1.70. The van der Waals surface area contributed by atoms with Gasteiger partial charge in [0.2, 0.25) is 0 Å². The van der Waals surface area contributed by atoms with Gasteiger partial charge in [-0.05, 0) is 49.2 Å². The van der Waals surface area contributed by atoms with Crippen molar-refractivity contribution in [2.75, 3.05) is 19.6 Å². The predicted molar refractivity (Wildman–Crippen MR) is 97.1 cm³/mol. The molecule has 25 heavy (non-hydrogen) atoms. The van der Waals surface area contributed by atoms with E-state index in [4.69, 9.17) is 0 Å². The summed E-state index contributed by atoms with van der Waals surface area (Å²) in [6.07, 6.45) is 1.38. The Morgan fingerprint density at radius 3 is 2.52 bits per heavy atom. The molecule has 3 amide bonds. The summed E-state index contributed by atoms with van der Waals surface area (Å²) in [5.74, 6) is -0.0335. The number of hydrogen-bond donors (Lipinski definition) is 1. The van der Waals surface area contributed by atoms with Crippen LogP contribution in [-0.4, -0.2) is 46.9 Å². The average molecular weight is 337 g/mol. The van der Waals surface area contributed by atoms with Gasteiger partial charge in [0.25, 0.3) is 5.91 Å². The van der Waals surface area contributed by atoms with Crippen molar-refractivity contribution in [3.63, 3.8) is 0 Å². The maximum atomic E-state index is 13.2. The molecule has 1 N–H and O–H groups in total. The van der Waals surface area contributed by atoms with Gasteiger partial charge >= 0.3 is 6.03 Å². The Kier molecular flexibility index (Phi) is 3.96. The van der Waals surface area contributed by atoms with Crippen LogP contribution in [-0.2, 0) is 11.3 Å². The Hall–Kier alpha value is -2.40. The van der Waals surface area contributed by atoms with Crippen molar-refractivity contribution in [2.24, 2.45) is 0 Å². The van der Waals surface area contributed by atoms with E-state index in [2.05, 4.69) is 17.4 Å². The van der Waals surface area contributed by atoms with E-state index in [0.717, 1.165) is 29.4 Å². The molecule has 4 rings (SSSR count). The first kappa shape index (κ1) is 16.1. The SMILES string of the molecule is CCN1C(=O)N(Cc2cccc3ccccc23)C(=O)C12CCNCC2. The third-order valence-corrected chi connectivity index (χ3v) is 5.58. The van der Waals surface area contributed by atoms with Gasteiger partial charge in [-0.15, -0.1) is 0 Å². The van der Waals surface area contributed by atoms with Crippen molar-refractivity contribution in [3.8, 4) is 0 Å². The fraction of sp³-hybridized carbons (Fsp3) is 0.400. The van der Waals surface area contributed by atoms with Crippen molar-refractivity contribution < 1.29 is 9.59 Å². The normalized spacial score (nSPS) is 20.0. The van der Waals surface area contributed by atoms with E-state index in [1.165, 1.54) is 4.90 Å². The first-order valence-corrected chi connectivity index (χ1v) is 8.98. The summed E-state index contributed by atoms with van der Waals surface area (Å²) in [5, 5.41) is 5.52. The van der Waals surface area contributed by atoms with Crippen LogP contribution in [0, 0.1) is 0 Å². The van der Waals surface area contributed by atoms with Crippen LogP contribution in [0.5, 0.6) is 0 Å². The second kappa shape index (κ2) is 6.15. The largest absolute Gasteiger partial charge is 0.327 e. The lowest BCUT2D eigenvalue weighted by Crippen LogP contribution is -2.55. The number of amides is 3. The number of nitrogens with one attached hydrogen (secondary N) is 1. The molecule has 0 aliphatic carbocycles. The molecule has 0 atom stereocenters. The monoisotopic (exact) mass is 337 g/mol. The number of fused-ring (bicyclic) bond motifs is 1. The highest BCUT2D eigenvalue weighted by atomic mass is 16.2. The number of imide groups is 1. The number of nitrogens with zero attached hydrogens (tertiary/aromatic N) is 2. The zero-order valence-corrected chi connectivity index (χ0v) is 14.5. The van der Waals surface area contributed by atoms with Gasteiger partial charge in [-0.2, -0.15) is 0 Å². The molecule has 2 aliphatic rings. The van der Waals surface area contributed by atoms with Gasteiger partial charge in [0.1, 0.15) is 5.54 Å². The molecular formula is C20H23N3O2. The van der Waals surface area contributed by atoms with Crippen molar-refractivity contribution in [1.82, 2.24) is 15.1 Å². The maximum Gasteiger partial charge on any atom is 0.327 e. The lowest BCUT2D eigenvalue weighted by atomic mass is 9.86. The number of carbonyl (C=O) groups excluding carboxylic acids is 2. The summed E-state index contributed by atoms with van der Waals surface area (Å²) in [4.78, 5) is 29.4. The van der Waals surface area contributed by atoms with Crippen LogP contribution >= 0.6 is 0 Å². The van der Waals surface area contributed by atoms with Crippen molar-refractivity contribution >= 4 is 22.7 Å². The maximum absolute atomic E-state index is 13.2. The number of rotatable bonds is 3. The Morgan fingerprint density at radius 2 is 1.76 bits per heavy atom. The predicted octanol–water partition coefficient (Wildman–Crippen LogP) is 2.75. The first-order valence-electron chi connectivity index (χ1n) is 8.98. The number of likely N-dealkylation sites (N-methyl/N-ethyl adjacent to an activating group) is 1. The Bertz CT molecular complexity index is 821. The molecule has 2 aromatic rings. The zero-order chi connectivity index (χ0) is 17.4. The topological polar surface area (TPSA) is 52.7 Å². The highest BCUT2D eigenvalue weighted by Crippen LogP contribution is 2.36. The number of urea groups is 1. The fourth-order valence-electron chi connectivity index (χ4n) is 4.28. The highest BCUT2D eigenvalue weighted by Gasteiger charge is 2.56. The van der Waals surface area contributed by atoms with Crippen LogP contribution < -0.4 is 5.32 Å². The second-order valence-corrected chi connectivity index (χ2v) is 6.84. The molecule has 2 fully saturated rings. The number of piperidine rings is 1. The molecule has 130 valence electrons. The van der Waals surface area contributed by atoms with Gasteiger partial charge in [0.15, 0.2) is 0 Å². The van der Waals surface area contributed by atoms with Crippen LogP contribution in [0.2, 0.25) is 0 Å². The van der Waals surface area contributed by atoms with Gasteiger partial charge in [-0.3, -0.25) is 9.69 Å². The third-order valence-electron chi connectivity index (χ3n) is 5.58. The van der Waals surface area contributed by atoms with E-state index >= 15 is 0 Å². The van der Waals surface area contributed by atoms with Crippen molar-refractivity contribution in [1.29, 1.82) is 0 Å². The standard InChI is InChI=1S/C20H23N3O2/c1-2-23-19(25)22(18(24)20(23)10-12-21-13-11-20)14-16-8-5-7-15-6-3-4-9-17(15)16/h3-9,21H,2,10-14H2,1H3. The average Bonchev–Trinajstić information content (AvgIpc) is 2.83. The molecule has 2 saturated heterocycles. The molecule has 2 heterocycles. The molecule has 2 aliphatic heterocycles. The first-order chi connectivity index (χ1) is 12.2. The minimum Gasteiger partial charge on any atom is -0.317 e. The second-order valence-electron chi connectivity index (χ2n) is 6.84. The smallest absolute Gasteiger partial charge is 0.317 e. The van der Waals surface area contributed by atoms with E-state index in [-0.39, 0.29) is 11.9 Å². The highest BCUT2D eigenvalue weighted by molar-refractivity contribution is 6.07. The van der Waals surface area contributed by atoms with Gasteiger partial charge < -0.3 is 10.2 Å². The zero-order valence-electron chi connectivity index (χ0n) is 14.5. The molecule has 5 heteroatoms. The summed E-state index contributed by atoms with van der Waals surface area (Å²) in [6.45, 7) is 4.41. The summed E-state index contributed by atoms with van der Waals surface area (Å²) < 4.78 is 0. The van der Waals surface area contributed by atoms with E-state index in [0.29, 0.717) is 25.9 Å². The van der Waals surface area contributed by atoms with Crippen LogP contribution in [0.3, 0.4) is 0 Å². The molecule has 2 aromatic carbocycles. The number of hydrogen-bond acceptors (Lipinski definition) is 3.